The topological polar surface area (TPSA) is 179 Å². The van der Waals surface area contributed by atoms with Crippen molar-refractivity contribution < 1.29 is 22.6 Å². The van der Waals surface area contributed by atoms with Gasteiger partial charge in [0.2, 0.25) is 5.91 Å². The number of urea groups is 1. The second kappa shape index (κ2) is 8.49. The zero-order valence-corrected chi connectivity index (χ0v) is 15.4. The first-order valence-electron chi connectivity index (χ1n) is 7.74. The Morgan fingerprint density at radius 3 is 2.25 bits per heavy atom. The molecular formula is C15H17N5O7S. The molecule has 0 unspecified atom stereocenters. The lowest BCUT2D eigenvalue weighted by atomic mass is 10.3. The number of aromatic amines is 1. The number of hydrogen-bond acceptors (Lipinski definition) is 6. The Hall–Kier alpha value is -3.45. The van der Waals surface area contributed by atoms with Crippen molar-refractivity contribution in [2.75, 3.05) is 16.5 Å². The molecule has 1 aromatic heterocycles. The average molecular weight is 411 g/mol. The Morgan fingerprint density at radius 2 is 1.68 bits per heavy atom. The van der Waals surface area contributed by atoms with Crippen molar-refractivity contribution in [3.8, 4) is 0 Å². The lowest BCUT2D eigenvalue weighted by molar-refractivity contribution is -0.116. The van der Waals surface area contributed by atoms with Gasteiger partial charge in [0.05, 0.1) is 0 Å². The van der Waals surface area contributed by atoms with Gasteiger partial charge in [0.15, 0.2) is 0 Å². The first-order chi connectivity index (χ1) is 13.0. The van der Waals surface area contributed by atoms with E-state index in [-0.39, 0.29) is 12.1 Å². The molecule has 28 heavy (non-hydrogen) atoms. The van der Waals surface area contributed by atoms with Crippen molar-refractivity contribution in [3.63, 3.8) is 0 Å². The monoisotopic (exact) mass is 411 g/mol. The zero-order chi connectivity index (χ0) is 20.9. The molecule has 13 heteroatoms. The molecule has 12 nitrogen and oxygen atoms in total. The minimum atomic E-state index is -4.33. The Balaban J connectivity index is 1.94. The summed E-state index contributed by atoms with van der Waals surface area (Å²) in [6, 6.07) is 4.98. The number of amides is 3. The van der Waals surface area contributed by atoms with Gasteiger partial charge < -0.3 is 16.0 Å². The van der Waals surface area contributed by atoms with Crippen molar-refractivity contribution in [2.24, 2.45) is 0 Å². The molecule has 0 radical (unpaired) electrons. The SMILES string of the molecule is Cc1cn(CC(=O)Nc2ccc(NC(=O)NCS(=O)(=O)O)cc2)c(=O)[nH]c1=O. The molecule has 2 rings (SSSR count). The van der Waals surface area contributed by atoms with Gasteiger partial charge in [-0.1, -0.05) is 0 Å². The highest BCUT2D eigenvalue weighted by Gasteiger charge is 2.09. The van der Waals surface area contributed by atoms with Crippen LogP contribution in [-0.4, -0.2) is 40.3 Å². The number of carbonyl (C=O) groups is 2. The molecule has 0 aliphatic carbocycles. The second-order valence-corrected chi connectivity index (χ2v) is 7.13. The third-order valence-electron chi connectivity index (χ3n) is 3.34. The summed E-state index contributed by atoms with van der Waals surface area (Å²) < 4.78 is 30.7. The molecule has 2 aromatic rings. The predicted molar refractivity (Wildman–Crippen MR) is 99.7 cm³/mol. The van der Waals surface area contributed by atoms with Gasteiger partial charge in [-0.25, -0.2) is 9.59 Å². The number of aryl methyl sites for hydroxylation is 1. The average Bonchev–Trinajstić information content (AvgIpc) is 2.59. The number of carbonyl (C=O) groups excluding carboxylic acids is 2. The third kappa shape index (κ3) is 6.37. The van der Waals surface area contributed by atoms with E-state index < -0.39 is 39.2 Å². The van der Waals surface area contributed by atoms with Gasteiger partial charge in [-0.2, -0.15) is 8.42 Å². The van der Waals surface area contributed by atoms with Crippen molar-refractivity contribution in [1.82, 2.24) is 14.9 Å². The molecule has 0 saturated carbocycles. The molecule has 0 bridgehead atoms. The fraction of sp³-hybridized carbons (Fsp3) is 0.200. The maximum atomic E-state index is 12.0. The van der Waals surface area contributed by atoms with Crippen LogP contribution in [0.3, 0.4) is 0 Å². The van der Waals surface area contributed by atoms with Gasteiger partial charge in [0.1, 0.15) is 12.4 Å². The lowest BCUT2D eigenvalue weighted by Gasteiger charge is -2.09. The van der Waals surface area contributed by atoms with E-state index in [4.69, 9.17) is 4.55 Å². The van der Waals surface area contributed by atoms with Gasteiger partial charge in [-0.15, -0.1) is 0 Å². The highest BCUT2D eigenvalue weighted by atomic mass is 32.2. The van der Waals surface area contributed by atoms with Gasteiger partial charge in [-0.05, 0) is 31.2 Å². The Bertz CT molecular complexity index is 1100. The van der Waals surface area contributed by atoms with E-state index >= 15 is 0 Å². The molecule has 0 spiro atoms. The molecule has 0 aliphatic heterocycles. The number of nitrogens with one attached hydrogen (secondary N) is 4. The van der Waals surface area contributed by atoms with Crippen LogP contribution in [0.5, 0.6) is 0 Å². The van der Waals surface area contributed by atoms with Gasteiger partial charge in [-0.3, -0.25) is 23.7 Å². The second-order valence-electron chi connectivity index (χ2n) is 5.68. The van der Waals surface area contributed by atoms with Crippen molar-refractivity contribution in [3.05, 3.63) is 56.9 Å². The number of anilines is 2. The minimum absolute atomic E-state index is 0.287. The molecule has 0 saturated heterocycles. The van der Waals surface area contributed by atoms with Crippen LogP contribution in [0.4, 0.5) is 16.2 Å². The molecule has 0 atom stereocenters. The summed E-state index contributed by atoms with van der Waals surface area (Å²) >= 11 is 0. The maximum Gasteiger partial charge on any atom is 0.328 e. The lowest BCUT2D eigenvalue weighted by Crippen LogP contribution is -2.34. The summed E-state index contributed by atoms with van der Waals surface area (Å²) in [6.45, 7) is 1.19. The molecule has 5 N–H and O–H groups in total. The summed E-state index contributed by atoms with van der Waals surface area (Å²) in [7, 11) is -4.33. The summed E-state index contributed by atoms with van der Waals surface area (Å²) in [5, 5.41) is 6.83. The van der Waals surface area contributed by atoms with Crippen LogP contribution in [-0.2, 0) is 21.5 Å². The van der Waals surface area contributed by atoms with Crippen molar-refractivity contribution in [1.29, 1.82) is 0 Å². The molecule has 0 aliphatic rings. The molecular weight excluding hydrogens is 394 g/mol. The fourth-order valence-electron chi connectivity index (χ4n) is 2.06. The smallest absolute Gasteiger partial charge is 0.325 e. The number of nitrogens with zero attached hydrogens (tertiary/aromatic N) is 1. The highest BCUT2D eigenvalue weighted by Crippen LogP contribution is 2.13. The van der Waals surface area contributed by atoms with Crippen molar-refractivity contribution >= 4 is 33.4 Å². The van der Waals surface area contributed by atoms with Gasteiger partial charge >= 0.3 is 11.7 Å². The largest absolute Gasteiger partial charge is 0.328 e. The first kappa shape index (κ1) is 20.9. The van der Waals surface area contributed by atoms with E-state index in [0.717, 1.165) is 4.57 Å². The standard InChI is InChI=1S/C15H17N5O7S/c1-9-6-20(15(24)19-13(9)22)7-12(21)17-10-2-4-11(5-3-10)18-14(23)16-8-28(25,26)27/h2-6H,7-8H2,1H3,(H,17,21)(H2,16,18,23)(H,19,22,24)(H,25,26,27). The maximum absolute atomic E-state index is 12.0. The Labute approximate surface area is 158 Å². The highest BCUT2D eigenvalue weighted by molar-refractivity contribution is 7.85. The summed E-state index contributed by atoms with van der Waals surface area (Å²) in [5.74, 6) is -1.45. The molecule has 0 fully saturated rings. The van der Waals surface area contributed by atoms with Crippen LogP contribution in [0.15, 0.2) is 40.1 Å². The van der Waals surface area contributed by atoms with Crippen LogP contribution < -0.4 is 27.2 Å². The number of H-pyrrole nitrogens is 1. The quantitative estimate of drug-likeness (QED) is 0.395. The van der Waals surface area contributed by atoms with Crippen LogP contribution in [0.1, 0.15) is 5.56 Å². The zero-order valence-electron chi connectivity index (χ0n) is 14.6. The first-order valence-corrected chi connectivity index (χ1v) is 9.35. The third-order valence-corrected chi connectivity index (χ3v) is 3.85. The van der Waals surface area contributed by atoms with Gasteiger partial charge in [0, 0.05) is 23.1 Å². The van der Waals surface area contributed by atoms with Crippen LogP contribution in [0, 0.1) is 6.92 Å². The predicted octanol–water partition coefficient (Wildman–Crippen LogP) is -0.549. The Morgan fingerprint density at radius 1 is 1.11 bits per heavy atom. The van der Waals surface area contributed by atoms with E-state index in [2.05, 4.69) is 15.6 Å². The minimum Gasteiger partial charge on any atom is -0.325 e. The van der Waals surface area contributed by atoms with Crippen LogP contribution in [0.25, 0.3) is 0 Å². The number of benzene rings is 1. The van der Waals surface area contributed by atoms with E-state index in [1.54, 1.807) is 0 Å². The number of hydrogen-bond donors (Lipinski definition) is 5. The summed E-state index contributed by atoms with van der Waals surface area (Å²) in [5.41, 5.74) is -0.261. The molecule has 1 aromatic carbocycles. The van der Waals surface area contributed by atoms with E-state index in [0.29, 0.717) is 11.4 Å². The molecule has 1 heterocycles. The molecule has 3 amide bonds. The Kier molecular flexibility index (Phi) is 6.33. The fourth-order valence-corrected chi connectivity index (χ4v) is 2.37. The van der Waals surface area contributed by atoms with E-state index in [1.807, 2.05) is 5.32 Å². The summed E-state index contributed by atoms with van der Waals surface area (Å²) in [4.78, 5) is 48.6. The normalized spacial score (nSPS) is 10.9. The van der Waals surface area contributed by atoms with Crippen LogP contribution in [0.2, 0.25) is 0 Å². The molecule has 150 valence electrons. The van der Waals surface area contributed by atoms with Crippen molar-refractivity contribution in [2.45, 2.75) is 13.5 Å². The van der Waals surface area contributed by atoms with Gasteiger partial charge in [0.25, 0.3) is 15.7 Å². The summed E-state index contributed by atoms with van der Waals surface area (Å²) in [6.07, 6.45) is 1.28. The van der Waals surface area contributed by atoms with E-state index in [1.165, 1.54) is 37.4 Å². The van der Waals surface area contributed by atoms with E-state index in [9.17, 15) is 27.6 Å². The van der Waals surface area contributed by atoms with Crippen LogP contribution >= 0.6 is 0 Å². The number of aromatic nitrogens is 2. The number of rotatable bonds is 6.